The van der Waals surface area contributed by atoms with Crippen molar-refractivity contribution in [3.05, 3.63) is 51.2 Å². The van der Waals surface area contributed by atoms with E-state index in [0.717, 1.165) is 10.1 Å². The van der Waals surface area contributed by atoms with Gasteiger partial charge in [0, 0.05) is 10.1 Å². The van der Waals surface area contributed by atoms with E-state index in [9.17, 15) is 9.59 Å². The highest BCUT2D eigenvalue weighted by atomic mass is 35.5. The maximum absolute atomic E-state index is 12.3. The fourth-order valence-electron chi connectivity index (χ4n) is 1.92. The van der Waals surface area contributed by atoms with E-state index in [-0.39, 0.29) is 5.91 Å². The second-order valence-corrected chi connectivity index (χ2v) is 6.57. The van der Waals surface area contributed by atoms with Gasteiger partial charge in [-0.3, -0.25) is 9.59 Å². The Hall–Kier alpha value is -1.89. The summed E-state index contributed by atoms with van der Waals surface area (Å²) >= 11 is 8.81. The van der Waals surface area contributed by atoms with Crippen LogP contribution in [0.4, 0.5) is 5.00 Å². The van der Waals surface area contributed by atoms with Crippen LogP contribution in [0.5, 0.6) is 0 Å². The van der Waals surface area contributed by atoms with Crippen molar-refractivity contribution in [2.24, 2.45) is 5.73 Å². The highest BCUT2D eigenvalue weighted by molar-refractivity contribution is 7.22. The molecule has 0 bridgehead atoms. The standard InChI is InChI=1S/C14H9ClN2O2S2/c15-10-7-3-1-2-4-9(7)21-11(10)13(19)17-14-8(12(16)18)5-6-20-14/h1-6H,(H2,16,18)(H,17,19). The van der Waals surface area contributed by atoms with Crippen molar-refractivity contribution >= 4 is 61.2 Å². The van der Waals surface area contributed by atoms with E-state index in [0.29, 0.717) is 20.5 Å². The first-order valence-electron chi connectivity index (χ1n) is 5.93. The summed E-state index contributed by atoms with van der Waals surface area (Å²) in [5.74, 6) is -0.917. The Labute approximate surface area is 133 Å². The molecule has 0 aliphatic heterocycles. The van der Waals surface area contributed by atoms with E-state index < -0.39 is 5.91 Å². The molecule has 0 aliphatic rings. The first kappa shape index (κ1) is 14.1. The molecule has 3 aromatic rings. The Bertz CT molecular complexity index is 854. The monoisotopic (exact) mass is 336 g/mol. The molecule has 0 saturated heterocycles. The number of carbonyl (C=O) groups excluding carboxylic acids is 2. The molecule has 4 nitrogen and oxygen atoms in total. The Balaban J connectivity index is 1.96. The first-order chi connectivity index (χ1) is 10.1. The number of fused-ring (bicyclic) bond motifs is 1. The molecule has 0 fully saturated rings. The third-order valence-corrected chi connectivity index (χ3v) is 5.40. The lowest BCUT2D eigenvalue weighted by Crippen LogP contribution is -2.16. The molecule has 0 aliphatic carbocycles. The topological polar surface area (TPSA) is 72.2 Å². The zero-order valence-electron chi connectivity index (χ0n) is 10.6. The van der Waals surface area contributed by atoms with Gasteiger partial charge in [0.05, 0.1) is 10.6 Å². The molecule has 0 radical (unpaired) electrons. The first-order valence-corrected chi connectivity index (χ1v) is 8.01. The average molecular weight is 337 g/mol. The summed E-state index contributed by atoms with van der Waals surface area (Å²) in [4.78, 5) is 24.0. The minimum Gasteiger partial charge on any atom is -0.366 e. The number of benzene rings is 1. The number of thiophene rings is 2. The van der Waals surface area contributed by atoms with Gasteiger partial charge in [0.2, 0.25) is 0 Å². The minimum atomic E-state index is -0.575. The number of carbonyl (C=O) groups is 2. The molecule has 2 heterocycles. The largest absolute Gasteiger partial charge is 0.366 e. The summed E-state index contributed by atoms with van der Waals surface area (Å²) in [6.07, 6.45) is 0. The maximum atomic E-state index is 12.3. The van der Waals surface area contributed by atoms with Gasteiger partial charge in [-0.15, -0.1) is 22.7 Å². The summed E-state index contributed by atoms with van der Waals surface area (Å²) in [6, 6.07) is 9.11. The van der Waals surface area contributed by atoms with Gasteiger partial charge in [-0.25, -0.2) is 0 Å². The fourth-order valence-corrected chi connectivity index (χ4v) is 4.12. The van der Waals surface area contributed by atoms with Gasteiger partial charge in [-0.2, -0.15) is 0 Å². The summed E-state index contributed by atoms with van der Waals surface area (Å²) in [6.45, 7) is 0. The Morgan fingerprint density at radius 1 is 1.19 bits per heavy atom. The lowest BCUT2D eigenvalue weighted by Gasteiger charge is -2.03. The number of hydrogen-bond acceptors (Lipinski definition) is 4. The number of rotatable bonds is 3. The van der Waals surface area contributed by atoms with Crippen molar-refractivity contribution < 1.29 is 9.59 Å². The third-order valence-electron chi connectivity index (χ3n) is 2.90. The lowest BCUT2D eigenvalue weighted by atomic mass is 10.2. The predicted molar refractivity (Wildman–Crippen MR) is 87.6 cm³/mol. The molecule has 2 amide bonds. The molecule has 21 heavy (non-hydrogen) atoms. The molecule has 2 aromatic heterocycles. The summed E-state index contributed by atoms with van der Waals surface area (Å²) in [5, 5.41) is 6.09. The van der Waals surface area contributed by atoms with Crippen LogP contribution in [0.1, 0.15) is 20.0 Å². The molecule has 1 aromatic carbocycles. The van der Waals surface area contributed by atoms with Crippen molar-refractivity contribution in [3.8, 4) is 0 Å². The van der Waals surface area contributed by atoms with Crippen molar-refractivity contribution in [2.45, 2.75) is 0 Å². The highest BCUT2D eigenvalue weighted by Gasteiger charge is 2.19. The minimum absolute atomic E-state index is 0.297. The normalized spacial score (nSPS) is 10.7. The van der Waals surface area contributed by atoms with Crippen LogP contribution in [0.2, 0.25) is 5.02 Å². The van der Waals surface area contributed by atoms with Gasteiger partial charge in [-0.1, -0.05) is 29.8 Å². The average Bonchev–Trinajstić information content (AvgIpc) is 3.04. The van der Waals surface area contributed by atoms with E-state index in [1.807, 2.05) is 24.3 Å². The number of halogens is 1. The van der Waals surface area contributed by atoms with Gasteiger partial charge < -0.3 is 11.1 Å². The van der Waals surface area contributed by atoms with Crippen LogP contribution in [0, 0.1) is 0 Å². The van der Waals surface area contributed by atoms with Crippen LogP contribution in [0.25, 0.3) is 10.1 Å². The van der Waals surface area contributed by atoms with Crippen molar-refractivity contribution in [2.75, 3.05) is 5.32 Å². The second-order valence-electron chi connectivity index (χ2n) is 4.22. The molecule has 0 saturated carbocycles. The zero-order valence-corrected chi connectivity index (χ0v) is 12.9. The van der Waals surface area contributed by atoms with Gasteiger partial charge in [0.1, 0.15) is 9.88 Å². The van der Waals surface area contributed by atoms with Crippen LogP contribution in [-0.2, 0) is 0 Å². The van der Waals surface area contributed by atoms with Gasteiger partial charge >= 0.3 is 0 Å². The molecular formula is C14H9ClN2O2S2. The summed E-state index contributed by atoms with van der Waals surface area (Å²) in [7, 11) is 0. The van der Waals surface area contributed by atoms with Crippen LogP contribution in [0.15, 0.2) is 35.7 Å². The molecule has 106 valence electrons. The molecule has 3 rings (SSSR count). The number of nitrogens with one attached hydrogen (secondary N) is 1. The van der Waals surface area contributed by atoms with Gasteiger partial charge in [-0.05, 0) is 17.5 Å². The van der Waals surface area contributed by atoms with Crippen LogP contribution in [-0.4, -0.2) is 11.8 Å². The Morgan fingerprint density at radius 3 is 2.67 bits per heavy atom. The van der Waals surface area contributed by atoms with Crippen LogP contribution in [0.3, 0.4) is 0 Å². The van der Waals surface area contributed by atoms with E-state index in [4.69, 9.17) is 17.3 Å². The van der Waals surface area contributed by atoms with E-state index in [1.54, 1.807) is 11.4 Å². The predicted octanol–water partition coefficient (Wildman–Crippen LogP) is 3.97. The molecule has 0 spiro atoms. The highest BCUT2D eigenvalue weighted by Crippen LogP contribution is 2.36. The van der Waals surface area contributed by atoms with Crippen molar-refractivity contribution in [3.63, 3.8) is 0 Å². The maximum Gasteiger partial charge on any atom is 0.267 e. The second kappa shape index (κ2) is 5.48. The van der Waals surface area contributed by atoms with E-state index in [2.05, 4.69) is 5.32 Å². The number of amides is 2. The number of primary amides is 1. The summed E-state index contributed by atoms with van der Waals surface area (Å²) < 4.78 is 0.939. The Morgan fingerprint density at radius 2 is 1.95 bits per heavy atom. The van der Waals surface area contributed by atoms with Crippen LogP contribution < -0.4 is 11.1 Å². The molecule has 0 atom stereocenters. The molecule has 3 N–H and O–H groups in total. The smallest absolute Gasteiger partial charge is 0.267 e. The van der Waals surface area contributed by atoms with Crippen molar-refractivity contribution in [1.82, 2.24) is 0 Å². The SMILES string of the molecule is NC(=O)c1ccsc1NC(=O)c1sc2ccccc2c1Cl. The van der Waals surface area contributed by atoms with Gasteiger partial charge in [0.25, 0.3) is 11.8 Å². The fraction of sp³-hybridized carbons (Fsp3) is 0. The molecule has 7 heteroatoms. The lowest BCUT2D eigenvalue weighted by molar-refractivity contribution is 0.100. The van der Waals surface area contributed by atoms with E-state index >= 15 is 0 Å². The number of hydrogen-bond donors (Lipinski definition) is 2. The quantitative estimate of drug-likeness (QED) is 0.759. The number of nitrogens with two attached hydrogens (primary N) is 1. The van der Waals surface area contributed by atoms with Crippen molar-refractivity contribution in [1.29, 1.82) is 0 Å². The molecular weight excluding hydrogens is 328 g/mol. The Kier molecular flexibility index (Phi) is 3.67. The van der Waals surface area contributed by atoms with E-state index in [1.165, 1.54) is 22.7 Å². The molecule has 0 unspecified atom stereocenters. The van der Waals surface area contributed by atoms with Crippen LogP contribution >= 0.6 is 34.3 Å². The zero-order chi connectivity index (χ0) is 15.0. The number of anilines is 1. The summed E-state index contributed by atoms with van der Waals surface area (Å²) in [5.41, 5.74) is 5.55. The van der Waals surface area contributed by atoms with Gasteiger partial charge in [0.15, 0.2) is 0 Å². The third kappa shape index (κ3) is 2.53.